The highest BCUT2D eigenvalue weighted by molar-refractivity contribution is 6.03. The van der Waals surface area contributed by atoms with Gasteiger partial charge in [0.25, 0.3) is 11.4 Å². The third kappa shape index (κ3) is 12.2. The Morgan fingerprint density at radius 3 is 2.27 bits per heavy atom. The van der Waals surface area contributed by atoms with E-state index >= 15 is 4.79 Å². The average Bonchev–Trinajstić information content (AvgIpc) is 3.44. The van der Waals surface area contributed by atoms with E-state index in [-0.39, 0.29) is 75.1 Å². The van der Waals surface area contributed by atoms with Crippen LogP contribution in [0.1, 0.15) is 84.5 Å². The number of aliphatic hydroxyl groups is 2. The molecule has 2 heterocycles. The minimum atomic E-state index is -1.65. The van der Waals surface area contributed by atoms with E-state index < -0.39 is 39.3 Å². The summed E-state index contributed by atoms with van der Waals surface area (Å²) in [6, 6.07) is 28.1. The molecule has 5 aromatic rings. The first kappa shape index (κ1) is 52.7. The number of rotatable bonds is 24. The predicted molar refractivity (Wildman–Crippen MR) is 275 cm³/mol. The summed E-state index contributed by atoms with van der Waals surface area (Å²) in [7, 11) is 0. The van der Waals surface area contributed by atoms with Crippen LogP contribution in [-0.4, -0.2) is 73.2 Å². The van der Waals surface area contributed by atoms with Crippen molar-refractivity contribution in [2.45, 2.75) is 89.4 Å². The van der Waals surface area contributed by atoms with Gasteiger partial charge in [-0.15, -0.1) is 6.58 Å². The summed E-state index contributed by atoms with van der Waals surface area (Å²) < 4.78 is 35.5. The Labute approximate surface area is 428 Å². The first-order valence-electron chi connectivity index (χ1n) is 24.9. The molecular weight excluding hydrogens is 950 g/mol. The second kappa shape index (κ2) is 24.4. The summed E-state index contributed by atoms with van der Waals surface area (Å²) >= 11 is 0. The monoisotopic (exact) mass is 1010 g/mol. The van der Waals surface area contributed by atoms with Gasteiger partial charge in [-0.2, -0.15) is 0 Å². The van der Waals surface area contributed by atoms with Crippen molar-refractivity contribution in [1.82, 2.24) is 9.88 Å². The number of nitrogens with zero attached hydrogens (tertiary/aromatic N) is 5. The SMILES string of the molecule is C=CCO[C@@]12Oc3ccc(OCc4cccc(C)n4)cc3[C@H]3[C@H](CCCCO)[C@@H](CCCCO)C=C(C(=NOCc4ccc([N+](=O)[O-])cc4)C[C@@H]1N(Cc1ccc(F)cc1)C(=O)C=Cc1ccc([N+](=O)[O-])cc1)[C@H]32. The molecule has 0 bridgehead atoms. The molecule has 1 aliphatic heterocycles. The molecule has 2 N–H and O–H groups in total. The maximum Gasteiger partial charge on any atom is 0.269 e. The number of ether oxygens (including phenoxy) is 3. The van der Waals surface area contributed by atoms with Gasteiger partial charge in [-0.3, -0.25) is 30.0 Å². The van der Waals surface area contributed by atoms with Crippen LogP contribution < -0.4 is 9.47 Å². The number of aromatic nitrogens is 1. The zero-order chi connectivity index (χ0) is 52.2. The molecule has 16 nitrogen and oxygen atoms in total. The van der Waals surface area contributed by atoms with E-state index in [4.69, 9.17) is 24.2 Å². The molecule has 74 heavy (non-hydrogen) atoms. The number of allylic oxidation sites excluding steroid dienone is 1. The molecule has 17 heteroatoms. The summed E-state index contributed by atoms with van der Waals surface area (Å²) in [5, 5.41) is 47.9. The Kier molecular flexibility index (Phi) is 17.4. The van der Waals surface area contributed by atoms with Crippen LogP contribution in [0.3, 0.4) is 0 Å². The maximum atomic E-state index is 15.2. The minimum Gasteiger partial charge on any atom is -0.487 e. The second-order valence-corrected chi connectivity index (χ2v) is 18.8. The van der Waals surface area contributed by atoms with Gasteiger partial charge >= 0.3 is 0 Å². The smallest absolute Gasteiger partial charge is 0.269 e. The van der Waals surface area contributed by atoms with Crippen LogP contribution in [0.25, 0.3) is 6.08 Å². The number of unbranched alkanes of at least 4 members (excludes halogenated alkanes) is 2. The molecule has 1 aromatic heterocycles. The molecule has 8 rings (SSSR count). The van der Waals surface area contributed by atoms with Crippen molar-refractivity contribution >= 4 is 29.1 Å². The van der Waals surface area contributed by atoms with E-state index in [0.29, 0.717) is 66.0 Å². The van der Waals surface area contributed by atoms with Gasteiger partial charge in [0.1, 0.15) is 36.6 Å². The molecular formula is C57H60FN5O11. The zero-order valence-corrected chi connectivity index (χ0v) is 41.2. The van der Waals surface area contributed by atoms with Crippen LogP contribution in [0.4, 0.5) is 15.8 Å². The number of fused-ring (bicyclic) bond motifs is 2. The van der Waals surface area contributed by atoms with Gasteiger partial charge in [-0.1, -0.05) is 48.3 Å². The first-order valence-corrected chi connectivity index (χ1v) is 24.9. The fourth-order valence-corrected chi connectivity index (χ4v) is 10.6. The zero-order valence-electron chi connectivity index (χ0n) is 41.2. The maximum absolute atomic E-state index is 15.2. The van der Waals surface area contributed by atoms with Crippen LogP contribution >= 0.6 is 0 Å². The number of amides is 1. The molecule has 3 aliphatic rings. The first-order chi connectivity index (χ1) is 35.9. The number of carbonyl (C=O) groups excluding carboxylic acids is 1. The number of aryl methyl sites for hydroxylation is 1. The molecule has 386 valence electrons. The molecule has 4 aromatic carbocycles. The number of nitro groups is 2. The number of nitro benzene ring substituents is 2. The number of halogens is 1. The van der Waals surface area contributed by atoms with Gasteiger partial charge in [0.05, 0.1) is 33.8 Å². The van der Waals surface area contributed by atoms with Gasteiger partial charge in [-0.25, -0.2) is 4.39 Å². The fourth-order valence-electron chi connectivity index (χ4n) is 10.6. The normalized spacial score (nSPS) is 21.2. The summed E-state index contributed by atoms with van der Waals surface area (Å²) in [5.74, 6) is -2.73. The van der Waals surface area contributed by atoms with E-state index in [2.05, 4.69) is 17.6 Å². The van der Waals surface area contributed by atoms with Crippen molar-refractivity contribution in [3.8, 4) is 11.5 Å². The molecule has 1 saturated carbocycles. The Morgan fingerprint density at radius 1 is 0.905 bits per heavy atom. The van der Waals surface area contributed by atoms with E-state index in [9.17, 15) is 34.8 Å². The lowest BCUT2D eigenvalue weighted by Gasteiger charge is -2.60. The minimum absolute atomic E-state index is 0.00244. The molecule has 1 fully saturated rings. The summed E-state index contributed by atoms with van der Waals surface area (Å²) in [6.07, 6.45) is 10.8. The lowest BCUT2D eigenvalue weighted by Crippen LogP contribution is -2.70. The second-order valence-electron chi connectivity index (χ2n) is 18.8. The molecule has 1 amide bonds. The number of non-ortho nitro benzene ring substituents is 2. The standard InChI is InChI=1S/C57H60FN5O11/c1-3-31-72-57-53(61(35-40-13-20-43(58)21-14-40)54(66)28-19-39-15-22-45(23-16-39)62(67)68)34-51(60-73-36-41-17-24-46(25-18-41)63(69)70)49-32-42(10-4-6-29-64)48(12-5-7-30-65)55(56(49)57)50-33-47(26-27-52(50)74-57)71-37-44-11-8-9-38(2)59-44/h3,8-9,11,13-28,32-33,42,48,53,55-56,64-65H,1,4-7,10,12,29-31,34-37H2,2H3/t42-,48+,53-,55+,56+,57+/m0/s1. The van der Waals surface area contributed by atoms with Crippen LogP contribution in [0.5, 0.6) is 11.5 Å². The number of benzene rings is 4. The van der Waals surface area contributed by atoms with Gasteiger partial charge in [-0.05, 0) is 140 Å². The van der Waals surface area contributed by atoms with Crippen molar-refractivity contribution < 1.29 is 48.3 Å². The van der Waals surface area contributed by atoms with Crippen molar-refractivity contribution in [1.29, 1.82) is 0 Å². The molecule has 0 unspecified atom stereocenters. The lowest BCUT2D eigenvalue weighted by molar-refractivity contribution is -0.385. The van der Waals surface area contributed by atoms with Crippen LogP contribution in [-0.2, 0) is 34.1 Å². The average molecular weight is 1010 g/mol. The van der Waals surface area contributed by atoms with E-state index in [1.54, 1.807) is 53.5 Å². The predicted octanol–water partition coefficient (Wildman–Crippen LogP) is 10.5. The Balaban J connectivity index is 1.32. The number of hydrogen-bond acceptors (Lipinski definition) is 13. The highest BCUT2D eigenvalue weighted by atomic mass is 19.1. The van der Waals surface area contributed by atoms with Gasteiger partial charge in [0, 0.05) is 73.7 Å². The fraction of sp³-hybridized carbons (Fsp3) is 0.351. The number of carbonyl (C=O) groups is 1. The number of oxime groups is 1. The largest absolute Gasteiger partial charge is 0.487 e. The van der Waals surface area contributed by atoms with Crippen molar-refractivity contribution in [3.63, 3.8) is 0 Å². The summed E-state index contributed by atoms with van der Waals surface area (Å²) in [5.41, 5.74) is 5.32. The van der Waals surface area contributed by atoms with Gasteiger partial charge < -0.3 is 34.2 Å². The number of hydrogen-bond donors (Lipinski definition) is 2. The van der Waals surface area contributed by atoms with Crippen LogP contribution in [0.2, 0.25) is 0 Å². The van der Waals surface area contributed by atoms with E-state index in [1.165, 1.54) is 42.5 Å². The molecule has 6 atom stereocenters. The number of aliphatic hydroxyl groups excluding tert-OH is 2. The highest BCUT2D eigenvalue weighted by Gasteiger charge is 2.65. The van der Waals surface area contributed by atoms with Crippen LogP contribution in [0, 0.1) is 50.7 Å². The molecule has 0 spiro atoms. The van der Waals surface area contributed by atoms with E-state index in [0.717, 1.165) is 28.9 Å². The van der Waals surface area contributed by atoms with Crippen molar-refractivity contribution in [3.05, 3.63) is 199 Å². The number of pyridine rings is 1. The Bertz CT molecular complexity index is 2880. The third-order valence-corrected chi connectivity index (χ3v) is 14.0. The van der Waals surface area contributed by atoms with Gasteiger partial charge in [0.2, 0.25) is 11.7 Å². The summed E-state index contributed by atoms with van der Waals surface area (Å²) in [4.78, 5) is 49.7. The lowest BCUT2D eigenvalue weighted by atomic mass is 9.55. The topological polar surface area (TPSA) is 209 Å². The third-order valence-electron chi connectivity index (χ3n) is 14.0. The van der Waals surface area contributed by atoms with Crippen molar-refractivity contribution in [2.24, 2.45) is 22.9 Å². The Hall–Kier alpha value is -7.60. The van der Waals surface area contributed by atoms with Gasteiger partial charge in [0.15, 0.2) is 0 Å². The summed E-state index contributed by atoms with van der Waals surface area (Å²) in [6.45, 7) is 6.10. The highest BCUT2D eigenvalue weighted by Crippen LogP contribution is 2.62. The Morgan fingerprint density at radius 2 is 1.59 bits per heavy atom. The molecule has 0 saturated heterocycles. The van der Waals surface area contributed by atoms with Crippen molar-refractivity contribution in [2.75, 3.05) is 19.8 Å². The molecule has 2 aliphatic carbocycles. The molecule has 0 radical (unpaired) electrons. The van der Waals surface area contributed by atoms with E-state index in [1.807, 2.05) is 43.3 Å². The van der Waals surface area contributed by atoms with Crippen LogP contribution in [0.15, 0.2) is 145 Å². The quantitative estimate of drug-likeness (QED) is 0.0194.